The third-order valence-electron chi connectivity index (χ3n) is 3.22. The van der Waals surface area contributed by atoms with Crippen LogP contribution >= 0.6 is 15.9 Å². The highest BCUT2D eigenvalue weighted by Gasteiger charge is 2.14. The average molecular weight is 336 g/mol. The molecule has 0 unspecified atom stereocenters. The lowest BCUT2D eigenvalue weighted by Crippen LogP contribution is -2.22. The highest BCUT2D eigenvalue weighted by Crippen LogP contribution is 2.28. The first-order chi connectivity index (χ1) is 9.27. The molecule has 0 fully saturated rings. The number of benzene rings is 1. The molecule has 1 heterocycles. The lowest BCUT2D eigenvalue weighted by Gasteiger charge is -2.18. The van der Waals surface area contributed by atoms with Gasteiger partial charge in [0.1, 0.15) is 0 Å². The van der Waals surface area contributed by atoms with Crippen LogP contribution in [0.4, 0.5) is 5.69 Å². The molecule has 0 spiro atoms. The summed E-state index contributed by atoms with van der Waals surface area (Å²) in [6.45, 7) is 11.5. The highest BCUT2D eigenvalue weighted by atomic mass is 79.9. The Kier molecular flexibility index (Phi) is 4.23. The van der Waals surface area contributed by atoms with Crippen LogP contribution in [0.5, 0.6) is 0 Å². The van der Waals surface area contributed by atoms with E-state index in [2.05, 4.69) is 79.3 Å². The van der Waals surface area contributed by atoms with Crippen LogP contribution in [0, 0.1) is 13.8 Å². The van der Waals surface area contributed by atoms with Crippen LogP contribution in [0.15, 0.2) is 29.0 Å². The number of rotatable bonds is 3. The fourth-order valence-electron chi connectivity index (χ4n) is 2.15. The van der Waals surface area contributed by atoms with Crippen molar-refractivity contribution in [2.75, 3.05) is 5.32 Å². The Balaban J connectivity index is 2.12. The molecule has 20 heavy (non-hydrogen) atoms. The van der Waals surface area contributed by atoms with Crippen molar-refractivity contribution < 1.29 is 0 Å². The molecule has 1 aromatic heterocycles. The summed E-state index contributed by atoms with van der Waals surface area (Å²) in [4.78, 5) is 0. The maximum Gasteiger partial charge on any atom is 0.0543 e. The normalized spacial score (nSPS) is 11.7. The van der Waals surface area contributed by atoms with Gasteiger partial charge in [-0.1, -0.05) is 6.07 Å². The average Bonchev–Trinajstić information content (AvgIpc) is 2.75. The largest absolute Gasteiger partial charge is 0.380 e. The monoisotopic (exact) mass is 335 g/mol. The van der Waals surface area contributed by atoms with Crippen LogP contribution in [-0.4, -0.2) is 9.78 Å². The third kappa shape index (κ3) is 3.42. The zero-order valence-electron chi connectivity index (χ0n) is 12.8. The van der Waals surface area contributed by atoms with Crippen molar-refractivity contribution in [3.8, 4) is 0 Å². The zero-order valence-corrected chi connectivity index (χ0v) is 14.4. The molecule has 1 aromatic carbocycles. The molecular formula is C16H22BrN3. The summed E-state index contributed by atoms with van der Waals surface area (Å²) in [5.41, 5.74) is 4.88. The lowest BCUT2D eigenvalue weighted by atomic mass is 10.1. The van der Waals surface area contributed by atoms with Crippen molar-refractivity contribution in [3.05, 3.63) is 45.7 Å². The van der Waals surface area contributed by atoms with Gasteiger partial charge in [0.05, 0.1) is 17.4 Å². The van der Waals surface area contributed by atoms with Crippen molar-refractivity contribution in [1.29, 1.82) is 0 Å². The van der Waals surface area contributed by atoms with Gasteiger partial charge in [0.2, 0.25) is 0 Å². The number of halogens is 1. The topological polar surface area (TPSA) is 29.9 Å². The number of hydrogen-bond acceptors (Lipinski definition) is 2. The lowest BCUT2D eigenvalue weighted by molar-refractivity contribution is 0.355. The van der Waals surface area contributed by atoms with Gasteiger partial charge >= 0.3 is 0 Å². The standard InChI is InChI=1S/C16H22BrN3/c1-11-6-12(2)15(14(17)7-11)18-8-13-9-19-20(10-13)16(3,4)5/h6-7,9-10,18H,8H2,1-5H3. The summed E-state index contributed by atoms with van der Waals surface area (Å²) in [5, 5.41) is 7.91. The molecule has 2 aromatic rings. The molecule has 0 aliphatic carbocycles. The third-order valence-corrected chi connectivity index (χ3v) is 3.85. The number of aromatic nitrogens is 2. The fourth-order valence-corrected chi connectivity index (χ4v) is 2.96. The van der Waals surface area contributed by atoms with Crippen LogP contribution < -0.4 is 5.32 Å². The maximum absolute atomic E-state index is 4.42. The Morgan fingerprint density at radius 3 is 2.50 bits per heavy atom. The fraction of sp³-hybridized carbons (Fsp3) is 0.438. The SMILES string of the molecule is Cc1cc(C)c(NCc2cnn(C(C)(C)C)c2)c(Br)c1. The van der Waals surface area contributed by atoms with Crippen LogP contribution in [0.1, 0.15) is 37.5 Å². The van der Waals surface area contributed by atoms with E-state index in [1.54, 1.807) is 0 Å². The smallest absolute Gasteiger partial charge is 0.0543 e. The van der Waals surface area contributed by atoms with Crippen molar-refractivity contribution in [2.24, 2.45) is 0 Å². The summed E-state index contributed by atoms with van der Waals surface area (Å²) >= 11 is 3.63. The van der Waals surface area contributed by atoms with Crippen molar-refractivity contribution in [1.82, 2.24) is 9.78 Å². The Hall–Kier alpha value is -1.29. The summed E-state index contributed by atoms with van der Waals surface area (Å²) in [6, 6.07) is 4.32. The number of nitrogens with one attached hydrogen (secondary N) is 1. The van der Waals surface area contributed by atoms with Gasteiger partial charge < -0.3 is 5.32 Å². The molecule has 2 rings (SSSR count). The predicted octanol–water partition coefficient (Wildman–Crippen LogP) is 4.63. The summed E-state index contributed by atoms with van der Waals surface area (Å²) < 4.78 is 3.11. The molecule has 4 heteroatoms. The van der Waals surface area contributed by atoms with E-state index in [4.69, 9.17) is 0 Å². The second-order valence-corrected chi connectivity index (χ2v) is 7.11. The molecule has 3 nitrogen and oxygen atoms in total. The van der Waals surface area contributed by atoms with Gasteiger partial charge in [-0.3, -0.25) is 4.68 Å². The summed E-state index contributed by atoms with van der Waals surface area (Å²) in [6.07, 6.45) is 4.03. The van der Waals surface area contributed by atoms with Gasteiger partial charge in [0.25, 0.3) is 0 Å². The Morgan fingerprint density at radius 1 is 1.25 bits per heavy atom. The van der Waals surface area contributed by atoms with E-state index in [-0.39, 0.29) is 5.54 Å². The maximum atomic E-state index is 4.42. The molecule has 0 radical (unpaired) electrons. The van der Waals surface area contributed by atoms with E-state index < -0.39 is 0 Å². The van der Waals surface area contributed by atoms with Gasteiger partial charge in [-0.25, -0.2) is 0 Å². The first-order valence-electron chi connectivity index (χ1n) is 6.82. The Morgan fingerprint density at radius 2 is 1.95 bits per heavy atom. The van der Waals surface area contributed by atoms with Crippen molar-refractivity contribution >= 4 is 21.6 Å². The number of hydrogen-bond donors (Lipinski definition) is 1. The van der Waals surface area contributed by atoms with E-state index in [9.17, 15) is 0 Å². The van der Waals surface area contributed by atoms with E-state index >= 15 is 0 Å². The molecule has 0 aliphatic rings. The number of aryl methyl sites for hydroxylation is 2. The summed E-state index contributed by atoms with van der Waals surface area (Å²) in [7, 11) is 0. The van der Waals surface area contributed by atoms with E-state index in [1.807, 2.05) is 10.9 Å². The molecule has 0 atom stereocenters. The minimum absolute atomic E-state index is 0.0264. The molecule has 0 amide bonds. The van der Waals surface area contributed by atoms with E-state index in [0.29, 0.717) is 0 Å². The zero-order chi connectivity index (χ0) is 14.9. The number of anilines is 1. The summed E-state index contributed by atoms with van der Waals surface area (Å²) in [5.74, 6) is 0. The Labute approximate surface area is 129 Å². The van der Waals surface area contributed by atoms with Crippen LogP contribution in [0.3, 0.4) is 0 Å². The van der Waals surface area contributed by atoms with E-state index in [1.165, 1.54) is 16.7 Å². The second-order valence-electron chi connectivity index (χ2n) is 6.26. The molecular weight excluding hydrogens is 314 g/mol. The number of nitrogens with zero attached hydrogens (tertiary/aromatic N) is 2. The van der Waals surface area contributed by atoms with Gasteiger partial charge in [-0.2, -0.15) is 5.10 Å². The molecule has 108 valence electrons. The first-order valence-corrected chi connectivity index (χ1v) is 7.61. The van der Waals surface area contributed by atoms with Crippen LogP contribution in [0.2, 0.25) is 0 Å². The Bertz CT molecular complexity index is 585. The van der Waals surface area contributed by atoms with Gasteiger partial charge in [-0.15, -0.1) is 0 Å². The van der Waals surface area contributed by atoms with Gasteiger partial charge in [0.15, 0.2) is 0 Å². The van der Waals surface area contributed by atoms with Crippen molar-refractivity contribution in [2.45, 2.75) is 46.7 Å². The van der Waals surface area contributed by atoms with Gasteiger partial charge in [-0.05, 0) is 67.7 Å². The molecule has 0 saturated carbocycles. The minimum Gasteiger partial charge on any atom is -0.380 e. The predicted molar refractivity (Wildman–Crippen MR) is 88.2 cm³/mol. The highest BCUT2D eigenvalue weighted by molar-refractivity contribution is 9.10. The molecule has 1 N–H and O–H groups in total. The van der Waals surface area contributed by atoms with Crippen LogP contribution in [0.25, 0.3) is 0 Å². The molecule has 0 bridgehead atoms. The molecule has 0 aliphatic heterocycles. The van der Waals surface area contributed by atoms with Crippen molar-refractivity contribution in [3.63, 3.8) is 0 Å². The van der Waals surface area contributed by atoms with E-state index in [0.717, 1.165) is 16.7 Å². The first kappa shape index (κ1) is 15.1. The molecule has 0 saturated heterocycles. The van der Waals surface area contributed by atoms with Crippen LogP contribution in [-0.2, 0) is 12.1 Å². The van der Waals surface area contributed by atoms with Gasteiger partial charge in [0, 0.05) is 22.8 Å². The quantitative estimate of drug-likeness (QED) is 0.886. The second kappa shape index (κ2) is 5.60. The minimum atomic E-state index is 0.0264.